The van der Waals surface area contributed by atoms with Crippen LogP contribution in [0.4, 0.5) is 0 Å². The van der Waals surface area contributed by atoms with E-state index in [4.69, 9.17) is 4.74 Å². The Bertz CT molecular complexity index is 387. The lowest BCUT2D eigenvalue weighted by Gasteiger charge is -2.24. The van der Waals surface area contributed by atoms with Crippen LogP contribution >= 0.6 is 11.9 Å². The van der Waals surface area contributed by atoms with E-state index in [1.54, 1.807) is 11.9 Å². The molecule has 19 heavy (non-hydrogen) atoms. The van der Waals surface area contributed by atoms with Gasteiger partial charge in [-0.15, -0.1) is 0 Å². The van der Waals surface area contributed by atoms with Crippen LogP contribution in [-0.4, -0.2) is 17.3 Å². The van der Waals surface area contributed by atoms with E-state index >= 15 is 0 Å². The first-order valence-corrected chi connectivity index (χ1v) is 7.38. The summed E-state index contributed by atoms with van der Waals surface area (Å²) >= 11 is 1.64. The number of rotatable bonds is 6. The first-order chi connectivity index (χ1) is 8.92. The largest absolute Gasteiger partial charge is 0.466 e. The maximum absolute atomic E-state index is 11.7. The Labute approximate surface area is 120 Å². The van der Waals surface area contributed by atoms with E-state index in [-0.39, 0.29) is 16.8 Å². The molecule has 106 valence electrons. The molecule has 0 amide bonds. The minimum absolute atomic E-state index is 0.0236. The van der Waals surface area contributed by atoms with E-state index in [9.17, 15) is 4.79 Å². The monoisotopic (exact) mass is 281 g/mol. The van der Waals surface area contributed by atoms with E-state index in [0.717, 1.165) is 5.56 Å². The summed E-state index contributed by atoms with van der Waals surface area (Å²) in [6, 6.07) is 9.97. The molecule has 1 aromatic rings. The standard InChI is InChI=1S/C15H23NO2S/c1-5-18-14(17)11-13(16-19-15(2,3)4)12-9-7-6-8-10-12/h6-10,13,16H,5,11H2,1-4H3/t13-/m0/s1. The highest BCUT2D eigenvalue weighted by atomic mass is 32.2. The van der Waals surface area contributed by atoms with Crippen LogP contribution in [-0.2, 0) is 9.53 Å². The van der Waals surface area contributed by atoms with Crippen molar-refractivity contribution >= 4 is 17.9 Å². The number of nitrogens with one attached hydrogen (secondary N) is 1. The number of ether oxygens (including phenoxy) is 1. The number of carbonyl (C=O) groups excluding carboxylic acids is 1. The molecule has 0 bridgehead atoms. The van der Waals surface area contributed by atoms with Gasteiger partial charge in [0.1, 0.15) is 0 Å². The molecule has 0 saturated carbocycles. The van der Waals surface area contributed by atoms with Crippen molar-refractivity contribution in [3.05, 3.63) is 35.9 Å². The molecule has 1 aromatic carbocycles. The van der Waals surface area contributed by atoms with Gasteiger partial charge in [0, 0.05) is 4.75 Å². The van der Waals surface area contributed by atoms with Crippen molar-refractivity contribution in [1.29, 1.82) is 0 Å². The molecule has 0 heterocycles. The third kappa shape index (κ3) is 6.64. The van der Waals surface area contributed by atoms with E-state index in [1.165, 1.54) is 0 Å². The van der Waals surface area contributed by atoms with Gasteiger partial charge < -0.3 is 4.74 Å². The Morgan fingerprint density at radius 3 is 2.47 bits per heavy atom. The fourth-order valence-electron chi connectivity index (χ4n) is 1.55. The molecule has 0 aromatic heterocycles. The van der Waals surface area contributed by atoms with Gasteiger partial charge in [0.15, 0.2) is 0 Å². The molecule has 4 heteroatoms. The smallest absolute Gasteiger partial charge is 0.307 e. The minimum atomic E-state index is -0.168. The number of esters is 1. The second kappa shape index (κ2) is 7.56. The number of carbonyl (C=O) groups is 1. The summed E-state index contributed by atoms with van der Waals surface area (Å²) in [5.41, 5.74) is 1.10. The third-order valence-corrected chi connectivity index (χ3v) is 3.40. The van der Waals surface area contributed by atoms with Gasteiger partial charge in [-0.3, -0.25) is 9.52 Å². The van der Waals surface area contributed by atoms with Crippen molar-refractivity contribution in [2.24, 2.45) is 0 Å². The molecule has 0 fully saturated rings. The lowest BCUT2D eigenvalue weighted by atomic mass is 10.1. The first kappa shape index (κ1) is 16.1. The van der Waals surface area contributed by atoms with Gasteiger partial charge in [-0.2, -0.15) is 0 Å². The molecule has 0 unspecified atom stereocenters. The Hall–Kier alpha value is -1.00. The van der Waals surface area contributed by atoms with Crippen LogP contribution in [0.2, 0.25) is 0 Å². The van der Waals surface area contributed by atoms with Crippen molar-refractivity contribution in [3.8, 4) is 0 Å². The van der Waals surface area contributed by atoms with Crippen LogP contribution in [0.1, 0.15) is 45.7 Å². The summed E-state index contributed by atoms with van der Waals surface area (Å²) in [7, 11) is 0. The quantitative estimate of drug-likeness (QED) is 0.637. The van der Waals surface area contributed by atoms with E-state index < -0.39 is 0 Å². The Morgan fingerprint density at radius 1 is 1.32 bits per heavy atom. The third-order valence-electron chi connectivity index (χ3n) is 2.39. The molecular weight excluding hydrogens is 258 g/mol. The second-order valence-electron chi connectivity index (χ2n) is 5.30. The molecule has 0 aliphatic carbocycles. The summed E-state index contributed by atoms with van der Waals surface area (Å²) in [5.74, 6) is -0.168. The number of hydrogen-bond acceptors (Lipinski definition) is 4. The van der Waals surface area contributed by atoms with Crippen molar-refractivity contribution in [3.63, 3.8) is 0 Å². The average molecular weight is 281 g/mol. The van der Waals surface area contributed by atoms with Crippen LogP contribution in [0.3, 0.4) is 0 Å². The molecule has 0 saturated heterocycles. The number of hydrogen-bond donors (Lipinski definition) is 1. The summed E-state index contributed by atoms with van der Waals surface area (Å²) < 4.78 is 8.52. The van der Waals surface area contributed by atoms with E-state index in [2.05, 4.69) is 25.5 Å². The molecule has 1 rings (SSSR count). The van der Waals surface area contributed by atoms with Crippen molar-refractivity contribution in [2.45, 2.75) is 44.9 Å². The van der Waals surface area contributed by atoms with Crippen LogP contribution in [0, 0.1) is 0 Å². The van der Waals surface area contributed by atoms with Crippen molar-refractivity contribution in [2.75, 3.05) is 6.61 Å². The van der Waals surface area contributed by atoms with Gasteiger partial charge in [0.05, 0.1) is 19.1 Å². The summed E-state index contributed by atoms with van der Waals surface area (Å²) in [4.78, 5) is 11.7. The maximum atomic E-state index is 11.7. The van der Waals surface area contributed by atoms with Crippen LogP contribution in [0.25, 0.3) is 0 Å². The summed E-state index contributed by atoms with van der Waals surface area (Å²) in [5, 5.41) is 0. The molecule has 0 aliphatic heterocycles. The molecule has 0 spiro atoms. The Balaban J connectivity index is 2.71. The van der Waals surface area contributed by atoms with Crippen molar-refractivity contribution < 1.29 is 9.53 Å². The Morgan fingerprint density at radius 2 is 1.95 bits per heavy atom. The topological polar surface area (TPSA) is 38.3 Å². The summed E-state index contributed by atoms with van der Waals surface area (Å²) in [6.45, 7) is 8.66. The minimum Gasteiger partial charge on any atom is -0.466 e. The van der Waals surface area contributed by atoms with Crippen LogP contribution in [0.5, 0.6) is 0 Å². The SMILES string of the molecule is CCOC(=O)C[C@H](NSC(C)(C)C)c1ccccc1. The highest BCUT2D eigenvalue weighted by Gasteiger charge is 2.20. The predicted octanol–water partition coefficient (Wildman–Crippen LogP) is 3.72. The van der Waals surface area contributed by atoms with Gasteiger partial charge in [0.25, 0.3) is 0 Å². The Kier molecular flexibility index (Phi) is 6.38. The second-order valence-corrected chi connectivity index (χ2v) is 6.97. The molecule has 1 atom stereocenters. The zero-order valence-electron chi connectivity index (χ0n) is 12.1. The van der Waals surface area contributed by atoms with Gasteiger partial charge in [-0.1, -0.05) is 42.3 Å². The zero-order chi connectivity index (χ0) is 14.3. The number of benzene rings is 1. The highest BCUT2D eigenvalue weighted by molar-refractivity contribution is 7.98. The summed E-state index contributed by atoms with van der Waals surface area (Å²) in [6.07, 6.45) is 0.348. The lowest BCUT2D eigenvalue weighted by Crippen LogP contribution is -2.24. The maximum Gasteiger partial charge on any atom is 0.307 e. The molecule has 3 nitrogen and oxygen atoms in total. The molecule has 1 N–H and O–H groups in total. The normalized spacial score (nSPS) is 13.1. The van der Waals surface area contributed by atoms with Crippen LogP contribution in [0.15, 0.2) is 30.3 Å². The van der Waals surface area contributed by atoms with E-state index in [0.29, 0.717) is 13.0 Å². The van der Waals surface area contributed by atoms with Gasteiger partial charge in [-0.25, -0.2) is 0 Å². The molecule has 0 radical (unpaired) electrons. The molecular formula is C15H23NO2S. The fourth-order valence-corrected chi connectivity index (χ4v) is 2.26. The van der Waals surface area contributed by atoms with Gasteiger partial charge in [-0.05, 0) is 33.3 Å². The zero-order valence-corrected chi connectivity index (χ0v) is 12.9. The van der Waals surface area contributed by atoms with Crippen molar-refractivity contribution in [1.82, 2.24) is 4.72 Å². The van der Waals surface area contributed by atoms with E-state index in [1.807, 2.05) is 37.3 Å². The highest BCUT2D eigenvalue weighted by Crippen LogP contribution is 2.26. The van der Waals surface area contributed by atoms with Gasteiger partial charge >= 0.3 is 5.97 Å². The predicted molar refractivity (Wildman–Crippen MR) is 80.9 cm³/mol. The van der Waals surface area contributed by atoms with Gasteiger partial charge in [0.2, 0.25) is 0 Å². The van der Waals surface area contributed by atoms with Crippen LogP contribution < -0.4 is 4.72 Å². The average Bonchev–Trinajstić information content (AvgIpc) is 2.35. The molecule has 0 aliphatic rings. The fraction of sp³-hybridized carbons (Fsp3) is 0.533. The first-order valence-electron chi connectivity index (χ1n) is 6.56. The lowest BCUT2D eigenvalue weighted by molar-refractivity contribution is -0.143.